The van der Waals surface area contributed by atoms with Crippen molar-refractivity contribution < 1.29 is 0 Å². The van der Waals surface area contributed by atoms with E-state index < -0.39 is 0 Å². The fourth-order valence-electron chi connectivity index (χ4n) is 2.04. The molecule has 2 atom stereocenters. The molecule has 1 N–H and O–H groups in total. The summed E-state index contributed by atoms with van der Waals surface area (Å²) in [7, 11) is 0. The Labute approximate surface area is 83.0 Å². The lowest BCUT2D eigenvalue weighted by Crippen LogP contribution is -2.38. The highest BCUT2D eigenvalue weighted by molar-refractivity contribution is 5.40. The van der Waals surface area contributed by atoms with Crippen molar-refractivity contribution in [3.63, 3.8) is 0 Å². The van der Waals surface area contributed by atoms with Crippen LogP contribution < -0.4 is 16.1 Å². The van der Waals surface area contributed by atoms with Crippen molar-refractivity contribution in [2.45, 2.75) is 20.3 Å². The van der Waals surface area contributed by atoms with Gasteiger partial charge in [0.1, 0.15) is 0 Å². The summed E-state index contributed by atoms with van der Waals surface area (Å²) in [5.74, 6) is 1.12. The summed E-state index contributed by atoms with van der Waals surface area (Å²) in [5, 5.41) is 2.14. The van der Waals surface area contributed by atoms with Crippen LogP contribution in [0.1, 0.15) is 20.3 Å². The molecular weight excluding hydrogens is 174 g/mol. The lowest BCUT2D eigenvalue weighted by Gasteiger charge is -2.18. The Morgan fingerprint density at radius 2 is 2.14 bits per heavy atom. The molecule has 0 aromatic carbocycles. The fraction of sp³-hybridized carbons (Fsp3) is 0.417. The number of rotatable bonds is 1. The molecule has 0 fully saturated rings. The van der Waals surface area contributed by atoms with Gasteiger partial charge >= 0.3 is 0 Å². The van der Waals surface area contributed by atoms with E-state index in [1.165, 1.54) is 0 Å². The topological polar surface area (TPSA) is 32.9 Å². The number of nitrogens with one attached hydrogen (secondary N) is 1. The Morgan fingerprint density at radius 1 is 1.36 bits per heavy atom. The first-order valence-corrected chi connectivity index (χ1v) is 5.13. The van der Waals surface area contributed by atoms with E-state index in [2.05, 4.69) is 31.0 Å². The average molecular weight is 189 g/mol. The number of aromatic nitrogens is 1. The minimum absolute atomic E-state index is 0.0180. The van der Waals surface area contributed by atoms with Crippen molar-refractivity contribution in [1.29, 1.82) is 0 Å². The minimum atomic E-state index is -0.0180. The van der Waals surface area contributed by atoms with Gasteiger partial charge in [-0.15, -0.1) is 0 Å². The highest BCUT2D eigenvalue weighted by Gasteiger charge is 2.13. The third-order valence-electron chi connectivity index (χ3n) is 2.95. The van der Waals surface area contributed by atoms with Crippen molar-refractivity contribution in [3.05, 3.63) is 33.1 Å². The predicted molar refractivity (Wildman–Crippen MR) is 58.2 cm³/mol. The first-order valence-electron chi connectivity index (χ1n) is 5.13. The van der Waals surface area contributed by atoms with Crippen LogP contribution in [0.2, 0.25) is 0 Å². The van der Waals surface area contributed by atoms with Crippen molar-refractivity contribution in [1.82, 2.24) is 4.98 Å². The predicted octanol–water partition coefficient (Wildman–Crippen LogP) is 0.612. The zero-order valence-corrected chi connectivity index (χ0v) is 8.58. The lowest BCUT2D eigenvalue weighted by atomic mass is 9.87. The standard InChI is InChI=1S/C12H15NO/c1-3-9-7-10-4-5-12(14)13-11(10)6-8(9)2/h4-9H,3H2,1-2H3,(H,13,14). The molecule has 1 aliphatic rings. The third-order valence-corrected chi connectivity index (χ3v) is 2.95. The van der Waals surface area contributed by atoms with Crippen LogP contribution in [-0.2, 0) is 0 Å². The van der Waals surface area contributed by atoms with Crippen LogP contribution in [0.4, 0.5) is 0 Å². The molecule has 0 amide bonds. The Hall–Kier alpha value is -1.31. The monoisotopic (exact) mass is 189 g/mol. The molecule has 1 aromatic rings. The van der Waals surface area contributed by atoms with Gasteiger partial charge in [-0.25, -0.2) is 0 Å². The van der Waals surface area contributed by atoms with E-state index in [0.717, 1.165) is 17.0 Å². The first kappa shape index (κ1) is 9.25. The second kappa shape index (κ2) is 3.45. The summed E-state index contributed by atoms with van der Waals surface area (Å²) in [6.07, 6.45) is 5.57. The van der Waals surface area contributed by atoms with Crippen LogP contribution in [0, 0.1) is 11.8 Å². The quantitative estimate of drug-likeness (QED) is 0.690. The second-order valence-corrected chi connectivity index (χ2v) is 3.96. The fourth-order valence-corrected chi connectivity index (χ4v) is 2.04. The molecule has 0 spiro atoms. The van der Waals surface area contributed by atoms with Crippen LogP contribution in [0.5, 0.6) is 0 Å². The van der Waals surface area contributed by atoms with E-state index in [-0.39, 0.29) is 5.56 Å². The van der Waals surface area contributed by atoms with Gasteiger partial charge in [0.05, 0.1) is 0 Å². The summed E-state index contributed by atoms with van der Waals surface area (Å²) in [6, 6.07) is 3.49. The van der Waals surface area contributed by atoms with Gasteiger partial charge in [-0.05, 0) is 29.5 Å². The Bertz CT molecular complexity index is 498. The van der Waals surface area contributed by atoms with Crippen LogP contribution in [-0.4, -0.2) is 4.98 Å². The molecule has 14 heavy (non-hydrogen) atoms. The van der Waals surface area contributed by atoms with Crippen LogP contribution in [0.15, 0.2) is 16.9 Å². The molecule has 2 unspecified atom stereocenters. The molecule has 1 aromatic heterocycles. The van der Waals surface area contributed by atoms with Gasteiger partial charge in [0.25, 0.3) is 0 Å². The van der Waals surface area contributed by atoms with Crippen LogP contribution >= 0.6 is 0 Å². The Kier molecular flexibility index (Phi) is 2.28. The zero-order valence-electron chi connectivity index (χ0n) is 8.58. The van der Waals surface area contributed by atoms with Crippen molar-refractivity contribution >= 4 is 12.2 Å². The molecule has 74 valence electrons. The maximum absolute atomic E-state index is 11.1. The highest BCUT2D eigenvalue weighted by atomic mass is 16.1. The van der Waals surface area contributed by atoms with Gasteiger partial charge < -0.3 is 4.98 Å². The largest absolute Gasteiger partial charge is 0.322 e. The number of H-pyrrole nitrogens is 1. The molecule has 1 heterocycles. The lowest BCUT2D eigenvalue weighted by molar-refractivity contribution is 0.539. The third kappa shape index (κ3) is 1.52. The van der Waals surface area contributed by atoms with Gasteiger partial charge in [0.2, 0.25) is 5.56 Å². The summed E-state index contributed by atoms with van der Waals surface area (Å²) in [6.45, 7) is 4.39. The number of hydrogen-bond donors (Lipinski definition) is 1. The maximum atomic E-state index is 11.1. The van der Waals surface area contributed by atoms with E-state index in [4.69, 9.17) is 0 Å². The molecule has 0 saturated carbocycles. The minimum Gasteiger partial charge on any atom is -0.322 e. The number of hydrogen-bond acceptors (Lipinski definition) is 1. The number of aromatic amines is 1. The van der Waals surface area contributed by atoms with E-state index in [1.54, 1.807) is 6.07 Å². The molecule has 0 aliphatic heterocycles. The molecule has 1 aliphatic carbocycles. The first-order chi connectivity index (χ1) is 6.70. The normalized spacial score (nSPS) is 24.7. The molecule has 2 rings (SSSR count). The summed E-state index contributed by atoms with van der Waals surface area (Å²) in [4.78, 5) is 14.0. The van der Waals surface area contributed by atoms with E-state index in [0.29, 0.717) is 11.8 Å². The molecular formula is C12H15NO. The molecule has 0 bridgehead atoms. The number of fused-ring (bicyclic) bond motifs is 1. The van der Waals surface area contributed by atoms with E-state index in [1.807, 2.05) is 6.07 Å². The summed E-state index contributed by atoms with van der Waals surface area (Å²) < 4.78 is 0. The molecule has 2 nitrogen and oxygen atoms in total. The molecule has 0 saturated heterocycles. The van der Waals surface area contributed by atoms with Gasteiger partial charge in [0.15, 0.2) is 0 Å². The second-order valence-electron chi connectivity index (χ2n) is 3.96. The summed E-state index contributed by atoms with van der Waals surface area (Å²) >= 11 is 0. The highest BCUT2D eigenvalue weighted by Crippen LogP contribution is 2.19. The zero-order chi connectivity index (χ0) is 10.1. The van der Waals surface area contributed by atoms with Gasteiger partial charge in [0, 0.05) is 11.4 Å². The maximum Gasteiger partial charge on any atom is 0.248 e. The molecule has 0 radical (unpaired) electrons. The average Bonchev–Trinajstić information content (AvgIpc) is 2.16. The van der Waals surface area contributed by atoms with Crippen molar-refractivity contribution in [3.8, 4) is 0 Å². The van der Waals surface area contributed by atoms with Gasteiger partial charge in [-0.3, -0.25) is 4.79 Å². The van der Waals surface area contributed by atoms with E-state index in [9.17, 15) is 4.79 Å². The van der Waals surface area contributed by atoms with Gasteiger partial charge in [-0.1, -0.05) is 26.0 Å². The smallest absolute Gasteiger partial charge is 0.248 e. The van der Waals surface area contributed by atoms with E-state index >= 15 is 0 Å². The van der Waals surface area contributed by atoms with Crippen LogP contribution in [0.3, 0.4) is 0 Å². The Balaban J connectivity index is 2.66. The van der Waals surface area contributed by atoms with Crippen molar-refractivity contribution in [2.24, 2.45) is 11.8 Å². The SMILES string of the molecule is CCC1C=c2ccc(=O)[nH]c2=CC1C. The Morgan fingerprint density at radius 3 is 2.86 bits per heavy atom. The van der Waals surface area contributed by atoms with Crippen molar-refractivity contribution in [2.75, 3.05) is 0 Å². The van der Waals surface area contributed by atoms with Gasteiger partial charge in [-0.2, -0.15) is 0 Å². The number of pyridine rings is 1. The van der Waals surface area contributed by atoms with Crippen LogP contribution in [0.25, 0.3) is 12.2 Å². The summed E-state index contributed by atoms with van der Waals surface area (Å²) in [5.41, 5.74) is -0.0180. The molecule has 2 heteroatoms.